The Labute approximate surface area is 177 Å². The highest BCUT2D eigenvalue weighted by atomic mass is 16.5. The number of hydrogen-bond donors (Lipinski definition) is 1. The van der Waals surface area contributed by atoms with Crippen LogP contribution in [0.25, 0.3) is 11.1 Å². The maximum atomic E-state index is 9.04. The van der Waals surface area contributed by atoms with Crippen LogP contribution in [-0.4, -0.2) is 18.3 Å². The van der Waals surface area contributed by atoms with E-state index >= 15 is 0 Å². The van der Waals surface area contributed by atoms with Crippen LogP contribution in [0.4, 0.5) is 0 Å². The van der Waals surface area contributed by atoms with Crippen molar-refractivity contribution in [3.8, 4) is 28.7 Å². The third kappa shape index (κ3) is 9.20. The molecule has 0 amide bonds. The van der Waals surface area contributed by atoms with Crippen molar-refractivity contribution >= 4 is 0 Å². The number of hydrogen-bond acceptors (Lipinski definition) is 2. The predicted octanol–water partition coefficient (Wildman–Crippen LogP) is 6.85. The van der Waals surface area contributed by atoms with Gasteiger partial charge in [-0.05, 0) is 48.7 Å². The van der Waals surface area contributed by atoms with Crippen LogP contribution >= 0.6 is 0 Å². The molecule has 0 aliphatic rings. The quantitative estimate of drug-likeness (QED) is 0.316. The van der Waals surface area contributed by atoms with Crippen molar-refractivity contribution < 1.29 is 9.84 Å². The van der Waals surface area contributed by atoms with Crippen LogP contribution in [0.2, 0.25) is 0 Å². The Kier molecular flexibility index (Phi) is 11.0. The topological polar surface area (TPSA) is 29.5 Å². The normalized spacial score (nSPS) is 11.6. The summed E-state index contributed by atoms with van der Waals surface area (Å²) in [5.74, 6) is 7.09. The molecule has 2 heteroatoms. The zero-order valence-corrected chi connectivity index (χ0v) is 18.1. The molecule has 0 radical (unpaired) electrons. The summed E-state index contributed by atoms with van der Waals surface area (Å²) >= 11 is 0. The van der Waals surface area contributed by atoms with Gasteiger partial charge in [0.2, 0.25) is 0 Å². The molecule has 0 heterocycles. The minimum absolute atomic E-state index is 0.00742. The number of ether oxygens (including phenoxy) is 1. The number of aliphatic hydroxyl groups excluding tert-OH is 1. The first-order valence-electron chi connectivity index (χ1n) is 11.2. The second kappa shape index (κ2) is 13.9. The number of unbranched alkanes of at least 4 members (excludes halogenated alkanes) is 7. The maximum Gasteiger partial charge on any atom is 0.119 e. The van der Waals surface area contributed by atoms with E-state index in [1.54, 1.807) is 0 Å². The lowest BCUT2D eigenvalue weighted by molar-refractivity contribution is 0.266. The Morgan fingerprint density at radius 2 is 1.34 bits per heavy atom. The molecule has 0 saturated heterocycles. The molecule has 156 valence electrons. The second-order valence-electron chi connectivity index (χ2n) is 7.78. The lowest BCUT2D eigenvalue weighted by atomic mass is 10.0. The summed E-state index contributed by atoms with van der Waals surface area (Å²) in [6.07, 6.45) is 10.5. The lowest BCUT2D eigenvalue weighted by Crippen LogP contribution is -1.97. The van der Waals surface area contributed by atoms with Crippen molar-refractivity contribution in [1.29, 1.82) is 0 Å². The molecule has 0 bridgehead atoms. The zero-order valence-electron chi connectivity index (χ0n) is 18.1. The molecule has 1 N–H and O–H groups in total. The molecule has 2 rings (SSSR count). The predicted molar refractivity (Wildman–Crippen MR) is 123 cm³/mol. The highest BCUT2D eigenvalue weighted by molar-refractivity contribution is 5.65. The molecule has 2 nitrogen and oxygen atoms in total. The van der Waals surface area contributed by atoms with Gasteiger partial charge < -0.3 is 9.84 Å². The average Bonchev–Trinajstić information content (AvgIpc) is 2.77. The molecule has 2 aromatic rings. The maximum absolute atomic E-state index is 9.04. The summed E-state index contributed by atoms with van der Waals surface area (Å²) in [5.41, 5.74) is 3.31. The first-order chi connectivity index (χ1) is 14.2. The summed E-state index contributed by atoms with van der Waals surface area (Å²) in [4.78, 5) is 0. The minimum atomic E-state index is 0.00742. The fourth-order valence-corrected chi connectivity index (χ4v) is 3.17. The standard InChI is InChI=1S/C27H36O2/c1-3-4-5-6-7-8-9-10-21-29-27-19-17-26(18-20-27)25-15-13-24(14-16-25)12-11-23(2)22-28/h13-20,23,28H,3-10,21-22H2,1-2H3. The molecular formula is C27H36O2. The van der Waals surface area contributed by atoms with E-state index in [0.29, 0.717) is 0 Å². The Hall–Kier alpha value is -2.24. The van der Waals surface area contributed by atoms with Crippen LogP contribution in [0, 0.1) is 17.8 Å². The summed E-state index contributed by atoms with van der Waals surface area (Å²) in [6.45, 7) is 5.07. The van der Waals surface area contributed by atoms with Gasteiger partial charge in [0.1, 0.15) is 5.75 Å². The third-order valence-electron chi connectivity index (χ3n) is 5.08. The first-order valence-corrected chi connectivity index (χ1v) is 11.2. The van der Waals surface area contributed by atoms with Gasteiger partial charge in [0.05, 0.1) is 13.2 Å². The van der Waals surface area contributed by atoms with Gasteiger partial charge in [0, 0.05) is 11.5 Å². The Morgan fingerprint density at radius 3 is 1.93 bits per heavy atom. The largest absolute Gasteiger partial charge is 0.494 e. The highest BCUT2D eigenvalue weighted by Crippen LogP contribution is 2.23. The zero-order chi connectivity index (χ0) is 20.7. The van der Waals surface area contributed by atoms with Crippen molar-refractivity contribution in [3.63, 3.8) is 0 Å². The van der Waals surface area contributed by atoms with E-state index < -0.39 is 0 Å². The molecule has 0 spiro atoms. The fraction of sp³-hybridized carbons (Fsp3) is 0.481. The van der Waals surface area contributed by atoms with Crippen LogP contribution in [0.15, 0.2) is 48.5 Å². The van der Waals surface area contributed by atoms with Crippen molar-refractivity contribution in [3.05, 3.63) is 54.1 Å². The van der Waals surface area contributed by atoms with Crippen molar-refractivity contribution in [2.75, 3.05) is 13.2 Å². The van der Waals surface area contributed by atoms with E-state index in [0.717, 1.165) is 24.3 Å². The smallest absolute Gasteiger partial charge is 0.119 e. The average molecular weight is 393 g/mol. The van der Waals surface area contributed by atoms with Gasteiger partial charge in [-0.25, -0.2) is 0 Å². The fourth-order valence-electron chi connectivity index (χ4n) is 3.17. The van der Waals surface area contributed by atoms with Crippen LogP contribution in [0.5, 0.6) is 5.75 Å². The number of rotatable bonds is 12. The molecule has 29 heavy (non-hydrogen) atoms. The van der Waals surface area contributed by atoms with Gasteiger partial charge in [-0.15, -0.1) is 0 Å². The molecule has 1 unspecified atom stereocenters. The van der Waals surface area contributed by atoms with E-state index in [-0.39, 0.29) is 12.5 Å². The van der Waals surface area contributed by atoms with E-state index in [4.69, 9.17) is 9.84 Å². The molecule has 0 saturated carbocycles. The molecule has 0 aliphatic carbocycles. The van der Waals surface area contributed by atoms with E-state index in [1.807, 2.05) is 19.1 Å². The van der Waals surface area contributed by atoms with Gasteiger partial charge in [0.15, 0.2) is 0 Å². The number of aliphatic hydroxyl groups is 1. The molecule has 1 atom stereocenters. The van der Waals surface area contributed by atoms with Gasteiger partial charge in [0.25, 0.3) is 0 Å². The second-order valence-corrected chi connectivity index (χ2v) is 7.78. The summed E-state index contributed by atoms with van der Waals surface area (Å²) in [7, 11) is 0. The summed E-state index contributed by atoms with van der Waals surface area (Å²) in [5, 5.41) is 9.04. The van der Waals surface area contributed by atoms with Crippen molar-refractivity contribution in [1.82, 2.24) is 0 Å². The van der Waals surface area contributed by atoms with Crippen LogP contribution in [0.1, 0.15) is 70.8 Å². The van der Waals surface area contributed by atoms with Gasteiger partial charge in [-0.2, -0.15) is 0 Å². The minimum Gasteiger partial charge on any atom is -0.494 e. The first kappa shape index (κ1) is 23.0. The summed E-state index contributed by atoms with van der Waals surface area (Å²) < 4.78 is 5.89. The van der Waals surface area contributed by atoms with Gasteiger partial charge in [-0.3, -0.25) is 0 Å². The van der Waals surface area contributed by atoms with E-state index in [9.17, 15) is 0 Å². The molecule has 0 fully saturated rings. The Bertz CT molecular complexity index is 735. The van der Waals surface area contributed by atoms with Gasteiger partial charge in [-0.1, -0.05) is 88.0 Å². The Balaban J connectivity index is 1.72. The molecule has 0 aliphatic heterocycles. The summed E-state index contributed by atoms with van der Waals surface area (Å²) in [6, 6.07) is 16.6. The Morgan fingerprint density at radius 1 is 0.793 bits per heavy atom. The van der Waals surface area contributed by atoms with E-state index in [1.165, 1.54) is 56.1 Å². The third-order valence-corrected chi connectivity index (χ3v) is 5.08. The van der Waals surface area contributed by atoms with E-state index in [2.05, 4.69) is 55.2 Å². The molecular weight excluding hydrogens is 356 g/mol. The SMILES string of the molecule is CCCCCCCCCCOc1ccc(-c2ccc(C#CC(C)CO)cc2)cc1. The van der Waals surface area contributed by atoms with Crippen LogP contribution < -0.4 is 4.74 Å². The van der Waals surface area contributed by atoms with Crippen LogP contribution in [0.3, 0.4) is 0 Å². The number of benzene rings is 2. The van der Waals surface area contributed by atoms with Crippen LogP contribution in [-0.2, 0) is 0 Å². The molecule has 2 aromatic carbocycles. The monoisotopic (exact) mass is 392 g/mol. The van der Waals surface area contributed by atoms with Crippen molar-refractivity contribution in [2.45, 2.75) is 65.2 Å². The lowest BCUT2D eigenvalue weighted by Gasteiger charge is -2.08. The van der Waals surface area contributed by atoms with Crippen molar-refractivity contribution in [2.24, 2.45) is 5.92 Å². The van der Waals surface area contributed by atoms with Gasteiger partial charge >= 0.3 is 0 Å². The highest BCUT2D eigenvalue weighted by Gasteiger charge is 2.00. The molecule has 0 aromatic heterocycles.